The Bertz CT molecular complexity index is 500. The van der Waals surface area contributed by atoms with Gasteiger partial charge < -0.3 is 52.1 Å². The molecule has 0 spiro atoms. The molecule has 1 N–H and O–H groups in total. The predicted molar refractivity (Wildman–Crippen MR) is 132 cm³/mol. The van der Waals surface area contributed by atoms with Gasteiger partial charge in [-0.1, -0.05) is 106 Å². The van der Waals surface area contributed by atoms with Crippen LogP contribution in [-0.4, -0.2) is 25.7 Å². The fourth-order valence-electron chi connectivity index (χ4n) is 4.06. The average molecular weight is 628 g/mol. The normalized spacial score (nSPS) is 15.8. The van der Waals surface area contributed by atoms with E-state index in [4.69, 9.17) is 9.59 Å². The molecule has 7 heteroatoms. The maximum absolute atomic E-state index is 8.00. The Morgan fingerprint density at radius 1 is 0.765 bits per heavy atom. The van der Waals surface area contributed by atoms with Crippen LogP contribution >= 0.6 is 0 Å². The largest absolute Gasteiger partial charge is 4.00 e. The molecule has 0 amide bonds. The molecule has 1 unspecified atom stereocenters. The van der Waals surface area contributed by atoms with Crippen molar-refractivity contribution in [1.29, 1.82) is 0 Å². The van der Waals surface area contributed by atoms with Crippen molar-refractivity contribution < 1.29 is 66.3 Å². The van der Waals surface area contributed by atoms with E-state index in [2.05, 4.69) is 52.9 Å². The quantitative estimate of drug-likeness (QED) is 0.176. The van der Waals surface area contributed by atoms with Gasteiger partial charge >= 0.3 is 19.5 Å². The molecule has 1 atom stereocenters. The third kappa shape index (κ3) is 17.7. The number of halogens is 3. The molecular formula is C27H50Cl3NO2Ru. The Kier molecular flexibility index (Phi) is 43.7. The van der Waals surface area contributed by atoms with Crippen molar-refractivity contribution in [2.24, 2.45) is 5.92 Å². The van der Waals surface area contributed by atoms with E-state index in [-0.39, 0.29) is 62.2 Å². The van der Waals surface area contributed by atoms with Crippen molar-refractivity contribution in [1.82, 2.24) is 5.32 Å². The maximum atomic E-state index is 8.00. The molecular weight excluding hydrogens is 578 g/mol. The van der Waals surface area contributed by atoms with Crippen LogP contribution in [0.25, 0.3) is 0 Å². The van der Waals surface area contributed by atoms with Crippen LogP contribution in [0.15, 0.2) is 16.7 Å². The number of hydrogen-bond donors (Lipinski definition) is 1. The topological polar surface area (TPSA) is 46.2 Å². The SMILES string of the molecule is C=O.C=O.CCCCC1=[C-]C(CCCC)(NCC(C)C)C(CCCC)=C1CCCC.[Cl-].[Cl-].[Cl-].[Ru+4]. The van der Waals surface area contributed by atoms with E-state index < -0.39 is 0 Å². The van der Waals surface area contributed by atoms with Crippen molar-refractivity contribution >= 4 is 13.6 Å². The molecule has 1 aliphatic carbocycles. The first-order valence-electron chi connectivity index (χ1n) is 12.2. The fourth-order valence-corrected chi connectivity index (χ4v) is 4.06. The van der Waals surface area contributed by atoms with Crippen LogP contribution in [-0.2, 0) is 29.1 Å². The number of carbonyl (C=O) groups excluding carboxylic acids is 2. The number of carbonyl (C=O) groups is 2. The minimum Gasteiger partial charge on any atom is -1.00 e. The monoisotopic (exact) mass is 627 g/mol. The molecule has 34 heavy (non-hydrogen) atoms. The van der Waals surface area contributed by atoms with Crippen molar-refractivity contribution in [2.45, 2.75) is 124 Å². The molecule has 0 radical (unpaired) electrons. The average Bonchev–Trinajstić information content (AvgIpc) is 3.07. The van der Waals surface area contributed by atoms with Gasteiger partial charge in [0.25, 0.3) is 0 Å². The van der Waals surface area contributed by atoms with Crippen LogP contribution in [0.2, 0.25) is 0 Å². The van der Waals surface area contributed by atoms with Gasteiger partial charge in [0.2, 0.25) is 0 Å². The summed E-state index contributed by atoms with van der Waals surface area (Å²) in [5.74, 6) is 0.682. The first-order valence-corrected chi connectivity index (χ1v) is 12.2. The molecule has 0 saturated carbocycles. The molecule has 0 aromatic heterocycles. The fraction of sp³-hybridized carbons (Fsp3) is 0.778. The third-order valence-electron chi connectivity index (χ3n) is 5.67. The van der Waals surface area contributed by atoms with Gasteiger partial charge in [-0.15, -0.1) is 5.57 Å². The van der Waals surface area contributed by atoms with Crippen molar-refractivity contribution in [2.75, 3.05) is 6.54 Å². The van der Waals surface area contributed by atoms with Crippen LogP contribution in [0, 0.1) is 12.0 Å². The first-order chi connectivity index (χ1) is 14.5. The second-order valence-corrected chi connectivity index (χ2v) is 8.65. The molecule has 0 aliphatic heterocycles. The van der Waals surface area contributed by atoms with E-state index in [0.29, 0.717) is 5.92 Å². The Morgan fingerprint density at radius 2 is 1.21 bits per heavy atom. The summed E-state index contributed by atoms with van der Waals surface area (Å²) in [5, 5.41) is 4.01. The van der Waals surface area contributed by atoms with Crippen LogP contribution < -0.4 is 42.5 Å². The summed E-state index contributed by atoms with van der Waals surface area (Å²) >= 11 is 0. The molecule has 3 nitrogen and oxygen atoms in total. The van der Waals surface area contributed by atoms with Crippen LogP contribution in [0.3, 0.4) is 0 Å². The van der Waals surface area contributed by atoms with E-state index in [9.17, 15) is 0 Å². The second kappa shape index (κ2) is 31.3. The Balaban J connectivity index is -0.000000232. The summed E-state index contributed by atoms with van der Waals surface area (Å²) in [6, 6.07) is 0. The standard InChI is InChI=1S/C25H46N.2CH2O.3ClH.Ru/c1-7-11-15-22-19-25(18-14-10-4,26-20-21(5)6)24(17-13-9-3)23(22)16-12-8-2;2*1-2;;;;/h21,26H,7-18,20H2,1-6H3;2*1H2;3*1H;/q-1;;;;;;+4/p-3. The van der Waals surface area contributed by atoms with Crippen molar-refractivity contribution in [3.8, 4) is 0 Å². The number of nitrogens with one attached hydrogen (secondary N) is 1. The van der Waals surface area contributed by atoms with E-state index in [1.165, 1.54) is 77.0 Å². The van der Waals surface area contributed by atoms with E-state index in [1.807, 2.05) is 13.6 Å². The van der Waals surface area contributed by atoms with Crippen molar-refractivity contribution in [3.05, 3.63) is 22.8 Å². The molecule has 0 aromatic carbocycles. The van der Waals surface area contributed by atoms with Gasteiger partial charge in [-0.25, -0.2) is 11.6 Å². The first kappa shape index (κ1) is 47.5. The van der Waals surface area contributed by atoms with E-state index in [0.717, 1.165) is 6.54 Å². The molecule has 1 rings (SSSR count). The van der Waals surface area contributed by atoms with Crippen LogP contribution in [0.5, 0.6) is 0 Å². The summed E-state index contributed by atoms with van der Waals surface area (Å²) in [6.07, 6.45) is 19.4. The molecule has 0 heterocycles. The number of rotatable bonds is 15. The Morgan fingerprint density at radius 3 is 1.65 bits per heavy atom. The minimum absolute atomic E-state index is 0. The number of hydrogen-bond acceptors (Lipinski definition) is 3. The summed E-state index contributed by atoms with van der Waals surface area (Å²) in [4.78, 5) is 16.0. The Hall–Kier alpha value is 0.273. The summed E-state index contributed by atoms with van der Waals surface area (Å²) in [6.45, 7) is 19.0. The van der Waals surface area contributed by atoms with Gasteiger partial charge in [0, 0.05) is 0 Å². The van der Waals surface area contributed by atoms with Gasteiger partial charge in [0.15, 0.2) is 0 Å². The van der Waals surface area contributed by atoms with E-state index in [1.54, 1.807) is 16.7 Å². The third-order valence-corrected chi connectivity index (χ3v) is 5.67. The minimum atomic E-state index is 0. The zero-order valence-electron chi connectivity index (χ0n) is 22.5. The van der Waals surface area contributed by atoms with Gasteiger partial charge in [-0.05, 0) is 30.8 Å². The van der Waals surface area contributed by atoms with Crippen LogP contribution in [0.4, 0.5) is 0 Å². The molecule has 0 saturated heterocycles. The number of allylic oxidation sites excluding steroid dienone is 2. The second-order valence-electron chi connectivity index (χ2n) is 8.65. The maximum Gasteiger partial charge on any atom is 4.00 e. The Labute approximate surface area is 243 Å². The zero-order valence-corrected chi connectivity index (χ0v) is 26.5. The number of unbranched alkanes of at least 4 members (excludes halogenated alkanes) is 4. The summed E-state index contributed by atoms with van der Waals surface area (Å²) in [5.41, 5.74) is 5.01. The molecule has 204 valence electrons. The predicted octanol–water partition coefficient (Wildman–Crippen LogP) is -1.59. The van der Waals surface area contributed by atoms with Gasteiger partial charge in [-0.2, -0.15) is 5.57 Å². The van der Waals surface area contributed by atoms with E-state index >= 15 is 0 Å². The van der Waals surface area contributed by atoms with Gasteiger partial charge in [0.05, 0.1) is 0 Å². The van der Waals surface area contributed by atoms with Crippen molar-refractivity contribution in [3.63, 3.8) is 0 Å². The summed E-state index contributed by atoms with van der Waals surface area (Å²) < 4.78 is 0. The van der Waals surface area contributed by atoms with Gasteiger partial charge in [0.1, 0.15) is 13.6 Å². The van der Waals surface area contributed by atoms with Gasteiger partial charge in [-0.3, -0.25) is 0 Å². The smallest absolute Gasteiger partial charge is 1.00 e. The zero-order chi connectivity index (χ0) is 23.4. The molecule has 1 aliphatic rings. The molecule has 0 fully saturated rings. The summed E-state index contributed by atoms with van der Waals surface area (Å²) in [7, 11) is 0. The molecule has 0 aromatic rings. The molecule has 0 bridgehead atoms. The van der Waals surface area contributed by atoms with Crippen LogP contribution in [0.1, 0.15) is 119 Å².